The Balaban J connectivity index is 1.82. The molecule has 122 valence electrons. The average Bonchev–Trinajstić information content (AvgIpc) is 2.93. The summed E-state index contributed by atoms with van der Waals surface area (Å²) in [5.41, 5.74) is 0.679. The molecule has 2 fully saturated rings. The van der Waals surface area contributed by atoms with Crippen LogP contribution in [0.5, 0.6) is 5.75 Å². The third-order valence-corrected chi connectivity index (χ3v) is 4.28. The van der Waals surface area contributed by atoms with Gasteiger partial charge in [-0.25, -0.2) is 0 Å². The first-order chi connectivity index (χ1) is 10.4. The minimum Gasteiger partial charge on any atom is -0.868 e. The highest BCUT2D eigenvalue weighted by molar-refractivity contribution is 5.12. The fraction of sp³-hybridized carbons (Fsp3) is 0.688. The van der Waals surface area contributed by atoms with Crippen molar-refractivity contribution >= 4 is 0 Å². The van der Waals surface area contributed by atoms with Crippen molar-refractivity contribution in [2.24, 2.45) is 0 Å². The molecule has 0 aromatic carbocycles. The number of ether oxygens (including phenoxy) is 3. The Kier molecular flexibility index (Phi) is 4.11. The highest BCUT2D eigenvalue weighted by Gasteiger charge is 2.55. The second-order valence-corrected chi connectivity index (χ2v) is 6.35. The number of pyridine rings is 1. The van der Waals surface area contributed by atoms with E-state index in [4.69, 9.17) is 14.2 Å². The first-order valence-electron chi connectivity index (χ1n) is 7.75. The topological polar surface area (TPSA) is 74.9 Å². The molecule has 0 amide bonds. The molecule has 6 heteroatoms. The lowest BCUT2D eigenvalue weighted by Gasteiger charge is -2.23. The molecule has 0 aliphatic carbocycles. The summed E-state index contributed by atoms with van der Waals surface area (Å²) < 4.78 is 19.8. The lowest BCUT2D eigenvalue weighted by atomic mass is 10.1. The zero-order valence-electron chi connectivity index (χ0n) is 13.2. The number of aromatic nitrogens is 1. The second-order valence-electron chi connectivity index (χ2n) is 6.35. The van der Waals surface area contributed by atoms with E-state index in [-0.39, 0.29) is 36.8 Å². The zero-order chi connectivity index (χ0) is 15.9. The van der Waals surface area contributed by atoms with Crippen molar-refractivity contribution in [2.45, 2.75) is 70.5 Å². The minimum atomic E-state index is -0.615. The molecule has 0 saturated carbocycles. The molecule has 0 bridgehead atoms. The van der Waals surface area contributed by atoms with E-state index in [1.807, 2.05) is 13.8 Å². The third kappa shape index (κ3) is 2.84. The number of aliphatic hydroxyl groups excluding tert-OH is 1. The second kappa shape index (κ2) is 5.77. The Morgan fingerprint density at radius 2 is 1.91 bits per heavy atom. The van der Waals surface area contributed by atoms with E-state index in [1.54, 1.807) is 10.6 Å². The van der Waals surface area contributed by atoms with Gasteiger partial charge in [-0.15, -0.1) is 0 Å². The predicted octanol–water partition coefficient (Wildman–Crippen LogP) is 0.238. The van der Waals surface area contributed by atoms with Crippen molar-refractivity contribution in [3.8, 4) is 5.75 Å². The van der Waals surface area contributed by atoms with Crippen LogP contribution in [0.25, 0.3) is 0 Å². The fourth-order valence-corrected chi connectivity index (χ4v) is 3.31. The van der Waals surface area contributed by atoms with Gasteiger partial charge in [0.05, 0.1) is 6.10 Å². The normalized spacial score (nSPS) is 33.1. The van der Waals surface area contributed by atoms with Crippen LogP contribution in [0.1, 0.15) is 32.9 Å². The Bertz CT molecular complexity index is 547. The van der Waals surface area contributed by atoms with Crippen molar-refractivity contribution in [2.75, 3.05) is 0 Å². The van der Waals surface area contributed by atoms with Crippen LogP contribution >= 0.6 is 0 Å². The number of fused-ring (bicyclic) bond motifs is 1. The monoisotopic (exact) mass is 309 g/mol. The molecule has 3 rings (SSSR count). The van der Waals surface area contributed by atoms with Crippen LogP contribution in [0.15, 0.2) is 18.3 Å². The van der Waals surface area contributed by atoms with E-state index >= 15 is 0 Å². The van der Waals surface area contributed by atoms with Gasteiger partial charge in [0.25, 0.3) is 0 Å². The van der Waals surface area contributed by atoms with Gasteiger partial charge in [0, 0.05) is 6.07 Å². The summed E-state index contributed by atoms with van der Waals surface area (Å²) in [5.74, 6) is -0.710. The maximum atomic E-state index is 11.6. The predicted molar refractivity (Wildman–Crippen MR) is 74.8 cm³/mol. The first-order valence-corrected chi connectivity index (χ1v) is 7.75. The van der Waals surface area contributed by atoms with E-state index in [0.717, 1.165) is 6.42 Å². The van der Waals surface area contributed by atoms with Crippen molar-refractivity contribution in [3.63, 3.8) is 0 Å². The molecule has 0 spiro atoms. The van der Waals surface area contributed by atoms with Crippen molar-refractivity contribution in [3.05, 3.63) is 24.0 Å². The van der Waals surface area contributed by atoms with Crippen LogP contribution < -0.4 is 9.67 Å². The van der Waals surface area contributed by atoms with Gasteiger partial charge >= 0.3 is 0 Å². The molecule has 2 saturated heterocycles. The molecule has 1 aromatic rings. The Hall–Kier alpha value is -1.21. The minimum absolute atomic E-state index is 0.00890. The van der Waals surface area contributed by atoms with Crippen LogP contribution in [-0.2, 0) is 27.4 Å². The van der Waals surface area contributed by atoms with E-state index in [0.29, 0.717) is 12.2 Å². The molecule has 3 heterocycles. The molecule has 2 aliphatic heterocycles. The lowest BCUT2D eigenvalue weighted by molar-refractivity contribution is -0.715. The van der Waals surface area contributed by atoms with Gasteiger partial charge in [-0.05, 0) is 26.0 Å². The van der Waals surface area contributed by atoms with E-state index < -0.39 is 5.79 Å². The molecule has 6 nitrogen and oxygen atoms in total. The molecule has 2 aliphatic rings. The van der Waals surface area contributed by atoms with E-state index in [2.05, 4.69) is 6.92 Å². The summed E-state index contributed by atoms with van der Waals surface area (Å²) in [6.07, 6.45) is 1.88. The molecule has 1 N–H and O–H groups in total. The number of rotatable bonds is 4. The van der Waals surface area contributed by atoms with Crippen LogP contribution in [0.4, 0.5) is 0 Å². The van der Waals surface area contributed by atoms with Crippen molar-refractivity contribution < 1.29 is 29.0 Å². The summed E-state index contributed by atoms with van der Waals surface area (Å²) in [5, 5.41) is 21.0. The summed E-state index contributed by atoms with van der Waals surface area (Å²) in [6.45, 7) is 6.20. The standard InChI is InChI=1S/C16H23NO5/c1-4-12-14-15(22-16(2,3)21-14)13(20-12)8-17-7-11(19)6-5-10(17)9-18/h5-7,12-15,18H,4,8-9H2,1-3H3. The third-order valence-electron chi connectivity index (χ3n) is 4.28. The lowest BCUT2D eigenvalue weighted by Crippen LogP contribution is -2.47. The quantitative estimate of drug-likeness (QED) is 0.806. The SMILES string of the molecule is CCC1OC(C[n+]2cc([O-])ccc2CO)C2OC(C)(C)OC12. The number of hydrogen-bond donors (Lipinski definition) is 1. The van der Waals surface area contributed by atoms with Crippen LogP contribution in [-0.4, -0.2) is 35.3 Å². The molecule has 22 heavy (non-hydrogen) atoms. The number of hydrogen-bond acceptors (Lipinski definition) is 5. The smallest absolute Gasteiger partial charge is 0.207 e. The van der Waals surface area contributed by atoms with Crippen LogP contribution in [0, 0.1) is 0 Å². The van der Waals surface area contributed by atoms with E-state index in [1.165, 1.54) is 12.3 Å². The highest BCUT2D eigenvalue weighted by atomic mass is 16.8. The molecular formula is C16H23NO5. The Morgan fingerprint density at radius 1 is 1.23 bits per heavy atom. The van der Waals surface area contributed by atoms with Gasteiger partial charge < -0.3 is 24.4 Å². The maximum Gasteiger partial charge on any atom is 0.207 e. The fourth-order valence-electron chi connectivity index (χ4n) is 3.31. The van der Waals surface area contributed by atoms with Gasteiger partial charge in [-0.2, -0.15) is 4.57 Å². The number of aliphatic hydroxyl groups is 1. The first kappa shape index (κ1) is 15.7. The summed E-state index contributed by atoms with van der Waals surface area (Å²) in [6, 6.07) is 3.09. The Labute approximate surface area is 130 Å². The molecule has 4 unspecified atom stereocenters. The van der Waals surface area contributed by atoms with Crippen LogP contribution in [0.2, 0.25) is 0 Å². The van der Waals surface area contributed by atoms with Crippen molar-refractivity contribution in [1.29, 1.82) is 0 Å². The summed E-state index contributed by atoms with van der Waals surface area (Å²) >= 11 is 0. The average molecular weight is 309 g/mol. The van der Waals surface area contributed by atoms with E-state index in [9.17, 15) is 10.2 Å². The van der Waals surface area contributed by atoms with Gasteiger partial charge in [0.2, 0.25) is 5.69 Å². The number of nitrogens with zero attached hydrogens (tertiary/aromatic N) is 1. The van der Waals surface area contributed by atoms with Crippen molar-refractivity contribution in [1.82, 2.24) is 0 Å². The summed E-state index contributed by atoms with van der Waals surface area (Å²) in [4.78, 5) is 0. The van der Waals surface area contributed by atoms with Gasteiger partial charge in [-0.1, -0.05) is 13.0 Å². The van der Waals surface area contributed by atoms with Gasteiger partial charge in [-0.3, -0.25) is 0 Å². The van der Waals surface area contributed by atoms with Gasteiger partial charge in [0.1, 0.15) is 24.9 Å². The highest BCUT2D eigenvalue weighted by Crippen LogP contribution is 2.39. The molecular weight excluding hydrogens is 286 g/mol. The summed E-state index contributed by atoms with van der Waals surface area (Å²) in [7, 11) is 0. The molecule has 1 aromatic heterocycles. The molecule has 0 radical (unpaired) electrons. The maximum absolute atomic E-state index is 11.6. The largest absolute Gasteiger partial charge is 0.868 e. The van der Waals surface area contributed by atoms with Crippen LogP contribution in [0.3, 0.4) is 0 Å². The van der Waals surface area contributed by atoms with Gasteiger partial charge in [0.15, 0.2) is 18.5 Å². The molecule has 4 atom stereocenters. The zero-order valence-corrected chi connectivity index (χ0v) is 13.2. The Morgan fingerprint density at radius 3 is 2.55 bits per heavy atom.